The summed E-state index contributed by atoms with van der Waals surface area (Å²) in [5, 5.41) is 0. The van der Waals surface area contributed by atoms with Crippen LogP contribution in [0.2, 0.25) is 0 Å². The van der Waals surface area contributed by atoms with E-state index >= 15 is 0 Å². The number of carbonyl (C=O) groups is 1. The van der Waals surface area contributed by atoms with E-state index in [1.54, 1.807) is 0 Å². The van der Waals surface area contributed by atoms with E-state index < -0.39 is 0 Å². The van der Waals surface area contributed by atoms with E-state index in [9.17, 15) is 4.79 Å². The highest BCUT2D eigenvalue weighted by atomic mass is 16.5. The summed E-state index contributed by atoms with van der Waals surface area (Å²) in [5.74, 6) is 0.330. The van der Waals surface area contributed by atoms with Gasteiger partial charge >= 0.3 is 0 Å². The molecule has 2 rings (SSSR count). The molecule has 0 N–H and O–H groups in total. The first-order chi connectivity index (χ1) is 6.86. The van der Waals surface area contributed by atoms with Gasteiger partial charge in [0.15, 0.2) is 5.78 Å². The molecule has 2 nitrogen and oxygen atoms in total. The lowest BCUT2D eigenvalue weighted by Crippen LogP contribution is -2.15. The van der Waals surface area contributed by atoms with Crippen molar-refractivity contribution in [1.82, 2.24) is 0 Å². The normalized spacial score (nSPS) is 27.4. The summed E-state index contributed by atoms with van der Waals surface area (Å²) in [6.07, 6.45) is 9.66. The van der Waals surface area contributed by atoms with Gasteiger partial charge in [-0.2, -0.15) is 0 Å². The van der Waals surface area contributed by atoms with Crippen molar-refractivity contribution >= 4 is 5.78 Å². The average Bonchev–Trinajstić information content (AvgIpc) is 2.72. The molecule has 0 spiro atoms. The molecule has 1 fully saturated rings. The number of rotatable bonds is 3. The zero-order chi connectivity index (χ0) is 9.80. The third-order valence-electron chi connectivity index (χ3n) is 3.09. The molecule has 1 aliphatic heterocycles. The van der Waals surface area contributed by atoms with Gasteiger partial charge in [0.1, 0.15) is 0 Å². The maximum Gasteiger partial charge on any atom is 0.161 e. The Bertz CT molecular complexity index is 237. The Labute approximate surface area is 85.3 Å². The summed E-state index contributed by atoms with van der Waals surface area (Å²) < 4.78 is 5.47. The first-order valence-electron chi connectivity index (χ1n) is 5.70. The Kier molecular flexibility index (Phi) is 3.35. The number of hydrogen-bond acceptors (Lipinski definition) is 2. The van der Waals surface area contributed by atoms with Crippen molar-refractivity contribution in [1.29, 1.82) is 0 Å². The number of Topliss-reactive ketones (excluding diaryl/α,β-unsaturated/α-hetero) is 1. The molecule has 1 unspecified atom stereocenters. The summed E-state index contributed by atoms with van der Waals surface area (Å²) in [6.45, 7) is 0.844. The summed E-state index contributed by atoms with van der Waals surface area (Å²) in [5.41, 5.74) is 1.06. The maximum absolute atomic E-state index is 11.8. The molecular formula is C12H18O2. The van der Waals surface area contributed by atoms with Crippen LogP contribution in [-0.2, 0) is 9.53 Å². The van der Waals surface area contributed by atoms with Gasteiger partial charge in [-0.3, -0.25) is 4.79 Å². The lowest BCUT2D eigenvalue weighted by Gasteiger charge is -2.13. The number of ketones is 1. The van der Waals surface area contributed by atoms with Crippen molar-refractivity contribution in [3.8, 4) is 0 Å². The Morgan fingerprint density at radius 1 is 1.43 bits per heavy atom. The van der Waals surface area contributed by atoms with Crippen molar-refractivity contribution in [3.63, 3.8) is 0 Å². The van der Waals surface area contributed by atoms with E-state index in [-0.39, 0.29) is 6.10 Å². The Hall–Kier alpha value is -0.630. The lowest BCUT2D eigenvalue weighted by molar-refractivity contribution is -0.117. The highest BCUT2D eigenvalue weighted by Crippen LogP contribution is 2.22. The van der Waals surface area contributed by atoms with Crippen LogP contribution < -0.4 is 0 Å². The Morgan fingerprint density at radius 3 is 3.00 bits per heavy atom. The van der Waals surface area contributed by atoms with Gasteiger partial charge in [0.2, 0.25) is 0 Å². The van der Waals surface area contributed by atoms with E-state index in [0.717, 1.165) is 37.9 Å². The van der Waals surface area contributed by atoms with E-state index in [2.05, 4.69) is 6.08 Å². The molecule has 0 aromatic carbocycles. The highest BCUT2D eigenvalue weighted by Gasteiger charge is 2.21. The molecule has 2 heteroatoms. The molecule has 1 aliphatic carbocycles. The van der Waals surface area contributed by atoms with Crippen LogP contribution in [-0.4, -0.2) is 18.5 Å². The fraction of sp³-hybridized carbons (Fsp3) is 0.750. The zero-order valence-corrected chi connectivity index (χ0v) is 8.63. The lowest BCUT2D eigenvalue weighted by atomic mass is 9.93. The van der Waals surface area contributed by atoms with Gasteiger partial charge in [-0.05, 0) is 44.1 Å². The van der Waals surface area contributed by atoms with Gasteiger partial charge in [-0.25, -0.2) is 0 Å². The van der Waals surface area contributed by atoms with E-state index in [1.807, 2.05) is 0 Å². The molecule has 2 aliphatic rings. The first kappa shape index (κ1) is 9.91. The number of hydrogen-bond donors (Lipinski definition) is 0. The molecule has 1 saturated heterocycles. The van der Waals surface area contributed by atoms with Crippen LogP contribution in [0.1, 0.15) is 44.9 Å². The summed E-state index contributed by atoms with van der Waals surface area (Å²) >= 11 is 0. The van der Waals surface area contributed by atoms with Crippen LogP contribution in [0, 0.1) is 0 Å². The quantitative estimate of drug-likeness (QED) is 0.690. The van der Waals surface area contributed by atoms with E-state index in [1.165, 1.54) is 12.8 Å². The van der Waals surface area contributed by atoms with Crippen molar-refractivity contribution in [2.45, 2.75) is 51.0 Å². The van der Waals surface area contributed by atoms with Crippen LogP contribution >= 0.6 is 0 Å². The van der Waals surface area contributed by atoms with Crippen LogP contribution in [0.25, 0.3) is 0 Å². The average molecular weight is 194 g/mol. The summed E-state index contributed by atoms with van der Waals surface area (Å²) in [6, 6.07) is 0. The molecule has 0 saturated carbocycles. The minimum absolute atomic E-state index is 0.213. The molecular weight excluding hydrogens is 176 g/mol. The SMILES string of the molecule is O=C(CC1CCCO1)C1=CCCCC1. The van der Waals surface area contributed by atoms with Crippen LogP contribution in [0.4, 0.5) is 0 Å². The third kappa shape index (κ3) is 2.44. The van der Waals surface area contributed by atoms with Gasteiger partial charge in [-0.15, -0.1) is 0 Å². The second kappa shape index (κ2) is 4.74. The molecule has 78 valence electrons. The van der Waals surface area contributed by atoms with E-state index in [4.69, 9.17) is 4.74 Å². The minimum Gasteiger partial charge on any atom is -0.378 e. The number of ether oxygens (including phenoxy) is 1. The molecule has 14 heavy (non-hydrogen) atoms. The molecule has 0 aromatic heterocycles. The van der Waals surface area contributed by atoms with Crippen molar-refractivity contribution in [2.75, 3.05) is 6.61 Å². The molecule has 0 radical (unpaired) electrons. The standard InChI is InChI=1S/C12H18O2/c13-12(9-11-7-4-8-14-11)10-5-2-1-3-6-10/h5,11H,1-4,6-9H2. The van der Waals surface area contributed by atoms with Crippen LogP contribution in [0.5, 0.6) is 0 Å². The van der Waals surface area contributed by atoms with Crippen molar-refractivity contribution in [2.24, 2.45) is 0 Å². The van der Waals surface area contributed by atoms with Gasteiger partial charge in [0, 0.05) is 13.0 Å². The number of allylic oxidation sites excluding steroid dienone is 2. The van der Waals surface area contributed by atoms with Crippen molar-refractivity contribution in [3.05, 3.63) is 11.6 Å². The largest absolute Gasteiger partial charge is 0.378 e. The van der Waals surface area contributed by atoms with Gasteiger partial charge in [0.25, 0.3) is 0 Å². The molecule has 0 aromatic rings. The third-order valence-corrected chi connectivity index (χ3v) is 3.09. The Balaban J connectivity index is 1.84. The van der Waals surface area contributed by atoms with Gasteiger partial charge in [-0.1, -0.05) is 6.08 Å². The summed E-state index contributed by atoms with van der Waals surface area (Å²) in [4.78, 5) is 11.8. The highest BCUT2D eigenvalue weighted by molar-refractivity contribution is 5.95. The predicted octanol–water partition coefficient (Wildman–Crippen LogP) is 2.63. The molecule has 0 bridgehead atoms. The first-order valence-corrected chi connectivity index (χ1v) is 5.70. The second-order valence-electron chi connectivity index (χ2n) is 4.24. The fourth-order valence-corrected chi connectivity index (χ4v) is 2.23. The molecule has 1 atom stereocenters. The Morgan fingerprint density at radius 2 is 2.36 bits per heavy atom. The van der Waals surface area contributed by atoms with Crippen LogP contribution in [0.3, 0.4) is 0 Å². The molecule has 0 amide bonds. The topological polar surface area (TPSA) is 26.3 Å². The minimum atomic E-state index is 0.213. The zero-order valence-electron chi connectivity index (χ0n) is 8.63. The van der Waals surface area contributed by atoms with E-state index in [0.29, 0.717) is 12.2 Å². The fourth-order valence-electron chi connectivity index (χ4n) is 2.23. The monoisotopic (exact) mass is 194 g/mol. The second-order valence-corrected chi connectivity index (χ2v) is 4.24. The van der Waals surface area contributed by atoms with Crippen LogP contribution in [0.15, 0.2) is 11.6 Å². The number of carbonyl (C=O) groups excluding carboxylic acids is 1. The predicted molar refractivity (Wildman–Crippen MR) is 55.1 cm³/mol. The smallest absolute Gasteiger partial charge is 0.161 e. The van der Waals surface area contributed by atoms with Gasteiger partial charge in [0.05, 0.1) is 6.10 Å². The van der Waals surface area contributed by atoms with Crippen molar-refractivity contribution < 1.29 is 9.53 Å². The summed E-state index contributed by atoms with van der Waals surface area (Å²) in [7, 11) is 0. The molecule has 1 heterocycles. The maximum atomic E-state index is 11.8. The van der Waals surface area contributed by atoms with Gasteiger partial charge < -0.3 is 4.74 Å².